The first-order valence-corrected chi connectivity index (χ1v) is 4.95. The summed E-state index contributed by atoms with van der Waals surface area (Å²) in [6.45, 7) is 5.92. The first-order chi connectivity index (χ1) is 6.22. The average Bonchev–Trinajstić information content (AvgIpc) is 2.09. The molecule has 0 aliphatic carbocycles. The molecule has 0 spiro atoms. The Kier molecular flexibility index (Phi) is 4.39. The molecule has 0 N–H and O–H groups in total. The first-order valence-electron chi connectivity index (χ1n) is 4.95. The highest BCUT2D eigenvalue weighted by Gasteiger charge is 2.17. The van der Waals surface area contributed by atoms with Crippen molar-refractivity contribution in [1.29, 1.82) is 0 Å². The van der Waals surface area contributed by atoms with Gasteiger partial charge >= 0.3 is 0 Å². The van der Waals surface area contributed by atoms with Crippen LogP contribution in [-0.2, 0) is 9.53 Å². The van der Waals surface area contributed by atoms with Gasteiger partial charge in [-0.15, -0.1) is 0 Å². The first kappa shape index (κ1) is 10.7. The van der Waals surface area contributed by atoms with E-state index in [2.05, 4.69) is 11.8 Å². The van der Waals surface area contributed by atoms with E-state index >= 15 is 0 Å². The van der Waals surface area contributed by atoms with Crippen LogP contribution in [0.3, 0.4) is 0 Å². The summed E-state index contributed by atoms with van der Waals surface area (Å²) in [4.78, 5) is 13.3. The summed E-state index contributed by atoms with van der Waals surface area (Å²) in [7, 11) is 1.73. The number of nitrogens with zero attached hydrogens (tertiary/aromatic N) is 1. The average molecular weight is 185 g/mol. The van der Waals surface area contributed by atoms with Crippen LogP contribution in [-0.4, -0.2) is 44.0 Å². The number of carbonyl (C=O) groups excluding carboxylic acids is 1. The van der Waals surface area contributed by atoms with Gasteiger partial charge in [0, 0.05) is 46.2 Å². The lowest BCUT2D eigenvalue weighted by molar-refractivity contribution is -0.121. The van der Waals surface area contributed by atoms with Gasteiger partial charge in [0.1, 0.15) is 5.78 Å². The lowest BCUT2D eigenvalue weighted by atomic mass is 10.1. The smallest absolute Gasteiger partial charge is 0.135 e. The molecule has 1 saturated heterocycles. The summed E-state index contributed by atoms with van der Waals surface area (Å²) >= 11 is 0. The number of ketones is 1. The molecule has 13 heavy (non-hydrogen) atoms. The Balaban J connectivity index is 2.18. The third kappa shape index (κ3) is 3.87. The molecule has 1 atom stereocenters. The minimum atomic E-state index is 0.413. The predicted molar refractivity (Wildman–Crippen MR) is 51.7 cm³/mol. The highest BCUT2D eigenvalue weighted by Crippen LogP contribution is 2.08. The van der Waals surface area contributed by atoms with Crippen molar-refractivity contribution >= 4 is 5.78 Å². The molecule has 1 heterocycles. The van der Waals surface area contributed by atoms with Crippen molar-refractivity contribution in [3.05, 3.63) is 0 Å². The molecule has 0 aromatic carbocycles. The van der Waals surface area contributed by atoms with Crippen molar-refractivity contribution in [2.45, 2.75) is 19.8 Å². The van der Waals surface area contributed by atoms with Gasteiger partial charge in [0.25, 0.3) is 0 Å². The van der Waals surface area contributed by atoms with Gasteiger partial charge < -0.3 is 9.64 Å². The summed E-state index contributed by atoms with van der Waals surface area (Å²) in [5.74, 6) is 0.980. The molecular formula is C10H19NO2. The van der Waals surface area contributed by atoms with Crippen LogP contribution in [0.5, 0.6) is 0 Å². The molecule has 3 nitrogen and oxygen atoms in total. The van der Waals surface area contributed by atoms with E-state index in [-0.39, 0.29) is 0 Å². The summed E-state index contributed by atoms with van der Waals surface area (Å²) in [5.41, 5.74) is 0. The largest absolute Gasteiger partial charge is 0.384 e. The minimum Gasteiger partial charge on any atom is -0.384 e. The van der Waals surface area contributed by atoms with Crippen LogP contribution >= 0.6 is 0 Å². The number of rotatable bonds is 4. The molecule has 76 valence electrons. The molecule has 1 rings (SSSR count). The monoisotopic (exact) mass is 185 g/mol. The maximum absolute atomic E-state index is 11.0. The third-order valence-corrected chi connectivity index (χ3v) is 2.43. The normalized spacial score (nSPS) is 21.8. The summed E-state index contributed by atoms with van der Waals surface area (Å²) in [6.07, 6.45) is 1.47. The van der Waals surface area contributed by atoms with Crippen LogP contribution in [0.25, 0.3) is 0 Å². The zero-order chi connectivity index (χ0) is 9.68. The second-order valence-corrected chi connectivity index (χ2v) is 3.90. The molecule has 1 aliphatic heterocycles. The fourth-order valence-electron chi connectivity index (χ4n) is 1.76. The van der Waals surface area contributed by atoms with E-state index in [0.717, 1.165) is 39.1 Å². The number of piperidine rings is 1. The van der Waals surface area contributed by atoms with Gasteiger partial charge in [-0.3, -0.25) is 4.79 Å². The number of hydrogen-bond donors (Lipinski definition) is 0. The number of carbonyl (C=O) groups is 1. The van der Waals surface area contributed by atoms with E-state index in [1.54, 1.807) is 7.11 Å². The quantitative estimate of drug-likeness (QED) is 0.652. The Morgan fingerprint density at radius 2 is 2.08 bits per heavy atom. The van der Waals surface area contributed by atoms with Gasteiger partial charge in [-0.1, -0.05) is 6.92 Å². The molecule has 1 unspecified atom stereocenters. The number of methoxy groups -OCH3 is 1. The lowest BCUT2D eigenvalue weighted by Gasteiger charge is -2.28. The number of Topliss-reactive ketones (excluding diaryl/α,β-unsaturated/α-hetero) is 1. The maximum Gasteiger partial charge on any atom is 0.135 e. The SMILES string of the molecule is COCC(C)CN1CCC(=O)CC1. The predicted octanol–water partition coefficient (Wildman–Crippen LogP) is 0.934. The van der Waals surface area contributed by atoms with E-state index in [9.17, 15) is 4.79 Å². The molecule has 0 aromatic rings. The fraction of sp³-hybridized carbons (Fsp3) is 0.900. The molecule has 0 saturated carbocycles. The van der Waals surface area contributed by atoms with Crippen LogP contribution in [0.15, 0.2) is 0 Å². The van der Waals surface area contributed by atoms with Gasteiger partial charge in [0.15, 0.2) is 0 Å². The molecule has 1 fully saturated rings. The van der Waals surface area contributed by atoms with E-state index in [1.807, 2.05) is 0 Å². The van der Waals surface area contributed by atoms with Crippen LogP contribution in [0.4, 0.5) is 0 Å². The van der Waals surface area contributed by atoms with Crippen LogP contribution in [0.1, 0.15) is 19.8 Å². The van der Waals surface area contributed by atoms with Gasteiger partial charge in [-0.2, -0.15) is 0 Å². The third-order valence-electron chi connectivity index (χ3n) is 2.43. The zero-order valence-corrected chi connectivity index (χ0v) is 8.58. The maximum atomic E-state index is 11.0. The van der Waals surface area contributed by atoms with Crippen molar-refractivity contribution in [3.8, 4) is 0 Å². The van der Waals surface area contributed by atoms with Gasteiger partial charge in [-0.05, 0) is 5.92 Å². The second kappa shape index (κ2) is 5.35. The Labute approximate surface area is 80.1 Å². The van der Waals surface area contributed by atoms with Gasteiger partial charge in [0.05, 0.1) is 0 Å². The highest BCUT2D eigenvalue weighted by molar-refractivity contribution is 5.79. The molecule has 1 aliphatic rings. The topological polar surface area (TPSA) is 29.5 Å². The van der Waals surface area contributed by atoms with E-state index < -0.39 is 0 Å². The summed E-state index contributed by atoms with van der Waals surface area (Å²) in [6, 6.07) is 0. The van der Waals surface area contributed by atoms with E-state index in [1.165, 1.54) is 0 Å². The Bertz CT molecular complexity index is 160. The molecule has 0 bridgehead atoms. The standard InChI is InChI=1S/C10H19NO2/c1-9(8-13-2)7-11-5-3-10(12)4-6-11/h9H,3-8H2,1-2H3. The number of likely N-dealkylation sites (tertiary alicyclic amines) is 1. The zero-order valence-electron chi connectivity index (χ0n) is 8.58. The van der Waals surface area contributed by atoms with Crippen molar-refractivity contribution in [1.82, 2.24) is 4.90 Å². The van der Waals surface area contributed by atoms with Crippen molar-refractivity contribution < 1.29 is 9.53 Å². The van der Waals surface area contributed by atoms with Crippen LogP contribution in [0, 0.1) is 5.92 Å². The molecule has 3 heteroatoms. The molecule has 0 aromatic heterocycles. The Morgan fingerprint density at radius 3 is 2.62 bits per heavy atom. The lowest BCUT2D eigenvalue weighted by Crippen LogP contribution is -2.37. The van der Waals surface area contributed by atoms with Gasteiger partial charge in [0.2, 0.25) is 0 Å². The van der Waals surface area contributed by atoms with E-state index in [4.69, 9.17) is 4.74 Å². The second-order valence-electron chi connectivity index (χ2n) is 3.90. The van der Waals surface area contributed by atoms with Gasteiger partial charge in [-0.25, -0.2) is 0 Å². The van der Waals surface area contributed by atoms with Crippen molar-refractivity contribution in [2.24, 2.45) is 5.92 Å². The fourth-order valence-corrected chi connectivity index (χ4v) is 1.76. The summed E-state index contributed by atoms with van der Waals surface area (Å²) in [5, 5.41) is 0. The van der Waals surface area contributed by atoms with Crippen LogP contribution < -0.4 is 0 Å². The molecule has 0 amide bonds. The molecular weight excluding hydrogens is 166 g/mol. The number of ether oxygens (including phenoxy) is 1. The Morgan fingerprint density at radius 1 is 1.46 bits per heavy atom. The molecule has 0 radical (unpaired) electrons. The summed E-state index contributed by atoms with van der Waals surface area (Å²) < 4.78 is 5.07. The highest BCUT2D eigenvalue weighted by atomic mass is 16.5. The van der Waals surface area contributed by atoms with Crippen molar-refractivity contribution in [3.63, 3.8) is 0 Å². The number of hydrogen-bond acceptors (Lipinski definition) is 3. The van der Waals surface area contributed by atoms with E-state index in [0.29, 0.717) is 11.7 Å². The van der Waals surface area contributed by atoms with Crippen molar-refractivity contribution in [2.75, 3.05) is 33.4 Å². The minimum absolute atomic E-state index is 0.413. The van der Waals surface area contributed by atoms with Crippen LogP contribution in [0.2, 0.25) is 0 Å². The Hall–Kier alpha value is -0.410.